The normalized spacial score (nSPS) is 9.56. The van der Waals surface area contributed by atoms with Gasteiger partial charge in [0.2, 0.25) is 0 Å². The minimum Gasteiger partial charge on any atom is -0.469 e. The van der Waals surface area contributed by atoms with E-state index in [1.54, 1.807) is 0 Å². The Kier molecular flexibility index (Phi) is 5.00. The van der Waals surface area contributed by atoms with E-state index < -0.39 is 0 Å². The first-order valence-corrected chi connectivity index (χ1v) is 5.67. The smallest absolute Gasteiger partial charge is 0.305 e. The van der Waals surface area contributed by atoms with Crippen LogP contribution < -0.4 is 0 Å². The number of aryl methyl sites for hydroxylation is 1. The molecule has 0 aliphatic rings. The summed E-state index contributed by atoms with van der Waals surface area (Å²) < 4.78 is 5.51. The van der Waals surface area contributed by atoms with Crippen molar-refractivity contribution in [1.29, 1.82) is 5.26 Å². The number of ether oxygens (including phenoxy) is 1. The van der Waals surface area contributed by atoms with Crippen molar-refractivity contribution < 1.29 is 9.53 Å². The van der Waals surface area contributed by atoms with E-state index in [9.17, 15) is 4.79 Å². The topological polar surface area (TPSA) is 50.1 Å². The van der Waals surface area contributed by atoms with Gasteiger partial charge in [0.05, 0.1) is 19.6 Å². The van der Waals surface area contributed by atoms with Crippen molar-refractivity contribution >= 4 is 21.9 Å². The predicted octanol–water partition coefficient (Wildman–Crippen LogP) is 2.62. The van der Waals surface area contributed by atoms with Crippen LogP contribution in [-0.4, -0.2) is 13.1 Å². The molecule has 0 aliphatic carbocycles. The zero-order valence-electron chi connectivity index (χ0n) is 9.00. The van der Waals surface area contributed by atoms with E-state index in [-0.39, 0.29) is 5.97 Å². The van der Waals surface area contributed by atoms with Gasteiger partial charge in [0.1, 0.15) is 0 Å². The van der Waals surface area contributed by atoms with Crippen LogP contribution in [0.5, 0.6) is 0 Å². The van der Waals surface area contributed by atoms with Gasteiger partial charge in [-0.05, 0) is 23.6 Å². The third-order valence-corrected chi connectivity index (χ3v) is 2.96. The Hall–Kier alpha value is -1.34. The second-order valence-corrected chi connectivity index (χ2v) is 4.19. The number of carbonyl (C=O) groups is 1. The van der Waals surface area contributed by atoms with Crippen molar-refractivity contribution in [2.75, 3.05) is 7.11 Å². The fraction of sp³-hybridized carbons (Fsp3) is 0.333. The van der Waals surface area contributed by atoms with Crippen molar-refractivity contribution in [3.8, 4) is 6.07 Å². The van der Waals surface area contributed by atoms with Crippen LogP contribution in [0.15, 0.2) is 22.7 Å². The van der Waals surface area contributed by atoms with Crippen LogP contribution in [0, 0.1) is 11.3 Å². The molecule has 0 amide bonds. The quantitative estimate of drug-likeness (QED) is 0.798. The molecule has 16 heavy (non-hydrogen) atoms. The lowest BCUT2D eigenvalue weighted by Crippen LogP contribution is -2.02. The maximum atomic E-state index is 11.0. The monoisotopic (exact) mass is 281 g/mol. The SMILES string of the molecule is COC(=O)CCc1ccc(CC#N)cc1Br. The number of halogens is 1. The highest BCUT2D eigenvalue weighted by atomic mass is 79.9. The van der Waals surface area contributed by atoms with Gasteiger partial charge in [-0.2, -0.15) is 5.26 Å². The Bertz CT molecular complexity index is 424. The van der Waals surface area contributed by atoms with Crippen LogP contribution in [0.2, 0.25) is 0 Å². The summed E-state index contributed by atoms with van der Waals surface area (Å²) in [4.78, 5) is 11.0. The van der Waals surface area contributed by atoms with Gasteiger partial charge in [-0.3, -0.25) is 4.79 Å². The van der Waals surface area contributed by atoms with Gasteiger partial charge < -0.3 is 4.74 Å². The fourth-order valence-electron chi connectivity index (χ4n) is 1.33. The summed E-state index contributed by atoms with van der Waals surface area (Å²) in [6, 6.07) is 7.84. The minimum atomic E-state index is -0.215. The van der Waals surface area contributed by atoms with E-state index in [0.717, 1.165) is 15.6 Å². The zero-order chi connectivity index (χ0) is 12.0. The second-order valence-electron chi connectivity index (χ2n) is 3.34. The average Bonchev–Trinajstić information content (AvgIpc) is 2.28. The van der Waals surface area contributed by atoms with Crippen molar-refractivity contribution in [2.45, 2.75) is 19.3 Å². The van der Waals surface area contributed by atoms with Crippen LogP contribution in [-0.2, 0) is 22.4 Å². The number of esters is 1. The molecule has 0 heterocycles. The van der Waals surface area contributed by atoms with Gasteiger partial charge in [-0.25, -0.2) is 0 Å². The summed E-state index contributed by atoms with van der Waals surface area (Å²) in [6.45, 7) is 0. The second kappa shape index (κ2) is 6.29. The summed E-state index contributed by atoms with van der Waals surface area (Å²) in [7, 11) is 1.38. The molecular formula is C12H12BrNO2. The first-order valence-electron chi connectivity index (χ1n) is 4.88. The van der Waals surface area contributed by atoms with Gasteiger partial charge in [-0.1, -0.05) is 28.1 Å². The summed E-state index contributed by atoms with van der Waals surface area (Å²) in [6.07, 6.45) is 1.41. The first kappa shape index (κ1) is 12.7. The number of hydrogen-bond donors (Lipinski definition) is 0. The number of methoxy groups -OCH3 is 1. The molecule has 1 aromatic rings. The molecule has 0 saturated heterocycles. The highest BCUT2D eigenvalue weighted by Crippen LogP contribution is 2.20. The Balaban J connectivity index is 2.68. The maximum absolute atomic E-state index is 11.0. The van der Waals surface area contributed by atoms with Gasteiger partial charge in [-0.15, -0.1) is 0 Å². The predicted molar refractivity (Wildman–Crippen MR) is 63.8 cm³/mol. The first-order chi connectivity index (χ1) is 7.67. The number of carbonyl (C=O) groups excluding carboxylic acids is 1. The lowest BCUT2D eigenvalue weighted by Gasteiger charge is -2.05. The minimum absolute atomic E-state index is 0.215. The summed E-state index contributed by atoms with van der Waals surface area (Å²) in [5.74, 6) is -0.215. The third kappa shape index (κ3) is 3.67. The van der Waals surface area contributed by atoms with Crippen molar-refractivity contribution in [2.24, 2.45) is 0 Å². The molecule has 4 heteroatoms. The summed E-state index contributed by atoms with van der Waals surface area (Å²) in [5, 5.41) is 8.56. The Morgan fingerprint density at radius 3 is 2.88 bits per heavy atom. The Labute approximate surface area is 103 Å². The lowest BCUT2D eigenvalue weighted by atomic mass is 10.1. The van der Waals surface area contributed by atoms with Crippen LogP contribution >= 0.6 is 15.9 Å². The molecule has 84 valence electrons. The van der Waals surface area contributed by atoms with E-state index in [1.807, 2.05) is 18.2 Å². The van der Waals surface area contributed by atoms with Crippen molar-refractivity contribution in [3.05, 3.63) is 33.8 Å². The van der Waals surface area contributed by atoms with Crippen LogP contribution in [0.3, 0.4) is 0 Å². The maximum Gasteiger partial charge on any atom is 0.305 e. The third-order valence-electron chi connectivity index (χ3n) is 2.23. The molecule has 0 aromatic heterocycles. The molecule has 1 rings (SSSR count). The molecule has 0 aliphatic heterocycles. The zero-order valence-corrected chi connectivity index (χ0v) is 10.6. The Morgan fingerprint density at radius 1 is 1.56 bits per heavy atom. The van der Waals surface area contributed by atoms with E-state index in [2.05, 4.69) is 26.7 Å². The molecule has 0 unspecified atom stereocenters. The standard InChI is InChI=1S/C12H12BrNO2/c1-16-12(15)5-4-10-3-2-9(6-7-14)8-11(10)13/h2-3,8H,4-6H2,1H3. The number of benzene rings is 1. The molecule has 3 nitrogen and oxygen atoms in total. The van der Waals surface area contributed by atoms with E-state index in [1.165, 1.54) is 7.11 Å². The fourth-order valence-corrected chi connectivity index (χ4v) is 1.96. The number of hydrogen-bond acceptors (Lipinski definition) is 3. The van der Waals surface area contributed by atoms with Crippen LogP contribution in [0.25, 0.3) is 0 Å². The molecule has 0 saturated carbocycles. The van der Waals surface area contributed by atoms with E-state index in [0.29, 0.717) is 19.3 Å². The van der Waals surface area contributed by atoms with Gasteiger partial charge >= 0.3 is 5.97 Å². The molecule has 0 fully saturated rings. The molecule has 0 spiro atoms. The highest BCUT2D eigenvalue weighted by molar-refractivity contribution is 9.10. The van der Waals surface area contributed by atoms with Crippen molar-refractivity contribution in [1.82, 2.24) is 0 Å². The van der Waals surface area contributed by atoms with E-state index in [4.69, 9.17) is 5.26 Å². The van der Waals surface area contributed by atoms with Crippen LogP contribution in [0.4, 0.5) is 0 Å². The summed E-state index contributed by atoms with van der Waals surface area (Å²) in [5.41, 5.74) is 2.02. The van der Waals surface area contributed by atoms with Crippen LogP contribution in [0.1, 0.15) is 17.5 Å². The number of nitriles is 1. The molecular weight excluding hydrogens is 270 g/mol. The molecule has 0 N–H and O–H groups in total. The molecule has 0 radical (unpaired) electrons. The highest BCUT2D eigenvalue weighted by Gasteiger charge is 2.05. The number of rotatable bonds is 4. The molecule has 0 atom stereocenters. The van der Waals surface area contributed by atoms with Gasteiger partial charge in [0, 0.05) is 10.9 Å². The average molecular weight is 282 g/mol. The van der Waals surface area contributed by atoms with Crippen molar-refractivity contribution in [3.63, 3.8) is 0 Å². The Morgan fingerprint density at radius 2 is 2.31 bits per heavy atom. The molecule has 1 aromatic carbocycles. The largest absolute Gasteiger partial charge is 0.469 e. The van der Waals surface area contributed by atoms with Gasteiger partial charge in [0.15, 0.2) is 0 Å². The summed E-state index contributed by atoms with van der Waals surface area (Å²) >= 11 is 3.43. The van der Waals surface area contributed by atoms with Gasteiger partial charge in [0.25, 0.3) is 0 Å². The molecule has 0 bridgehead atoms. The lowest BCUT2D eigenvalue weighted by molar-refractivity contribution is -0.140. The number of nitrogens with zero attached hydrogens (tertiary/aromatic N) is 1. The van der Waals surface area contributed by atoms with E-state index >= 15 is 0 Å².